The van der Waals surface area contributed by atoms with E-state index in [1.54, 1.807) is 17.0 Å². The van der Waals surface area contributed by atoms with Gasteiger partial charge in [0, 0.05) is 48.5 Å². The standard InChI is InChI=1S/C30H31Cl2NO10S/c1-14(29(37)38)7-19(34)23-10-17-22(44-23)11-20(35)27(25(17)31)42-5-4-6-43-28-21(41-3)9-16-12-33(13-18(16)26(28)32)24(36)8-15(2)30(39)40/h9-11,14-15,35H,4-8,12-13H2,1-3H3,(H,37,38)(H,39,40). The first kappa shape index (κ1) is 33.2. The number of phenols is 1. The van der Waals surface area contributed by atoms with Gasteiger partial charge in [0.15, 0.2) is 28.8 Å². The summed E-state index contributed by atoms with van der Waals surface area (Å²) in [6, 6.07) is 4.76. The highest BCUT2D eigenvalue weighted by Gasteiger charge is 2.30. The number of hydrogen-bond acceptors (Lipinski definition) is 9. The highest BCUT2D eigenvalue weighted by Crippen LogP contribution is 2.45. The van der Waals surface area contributed by atoms with Crippen molar-refractivity contribution in [2.45, 2.75) is 46.2 Å². The van der Waals surface area contributed by atoms with Gasteiger partial charge in [0.1, 0.15) is 0 Å². The van der Waals surface area contributed by atoms with Crippen LogP contribution < -0.4 is 14.2 Å². The minimum Gasteiger partial charge on any atom is -0.504 e. The van der Waals surface area contributed by atoms with Gasteiger partial charge < -0.3 is 34.4 Å². The number of ketones is 1. The molecule has 2 aromatic carbocycles. The molecule has 1 amide bonds. The zero-order valence-corrected chi connectivity index (χ0v) is 26.5. The molecular formula is C30H31Cl2NO10S. The lowest BCUT2D eigenvalue weighted by Crippen LogP contribution is -2.28. The summed E-state index contributed by atoms with van der Waals surface area (Å²) in [4.78, 5) is 49.3. The van der Waals surface area contributed by atoms with Crippen molar-refractivity contribution in [1.29, 1.82) is 0 Å². The number of benzene rings is 2. The fourth-order valence-electron chi connectivity index (χ4n) is 4.66. The first-order chi connectivity index (χ1) is 20.8. The van der Waals surface area contributed by atoms with Crippen molar-refractivity contribution in [3.8, 4) is 23.0 Å². The number of methoxy groups -OCH3 is 1. The number of carboxylic acid groups (broad SMARTS) is 2. The van der Waals surface area contributed by atoms with E-state index in [4.69, 9.17) is 47.6 Å². The van der Waals surface area contributed by atoms with Crippen LogP contribution in [0.25, 0.3) is 10.1 Å². The van der Waals surface area contributed by atoms with Gasteiger partial charge in [-0.15, -0.1) is 11.3 Å². The van der Waals surface area contributed by atoms with Crippen molar-refractivity contribution in [3.05, 3.63) is 44.2 Å². The van der Waals surface area contributed by atoms with Crippen LogP contribution in [0.3, 0.4) is 0 Å². The molecule has 0 saturated carbocycles. The molecule has 11 nitrogen and oxygen atoms in total. The minimum absolute atomic E-state index is 0.0463. The summed E-state index contributed by atoms with van der Waals surface area (Å²) in [5.74, 6) is -3.82. The SMILES string of the molecule is COc1cc2c(c(Cl)c1OCCCOc1c(O)cc3sc(C(=O)CC(C)C(=O)O)cc3c1Cl)CN(C(=O)CC(C)C(=O)O)C2. The Balaban J connectivity index is 1.38. The summed E-state index contributed by atoms with van der Waals surface area (Å²) in [5.41, 5.74) is 1.49. The van der Waals surface area contributed by atoms with E-state index in [1.807, 2.05) is 0 Å². The highest BCUT2D eigenvalue weighted by atomic mass is 35.5. The number of carbonyl (C=O) groups is 4. The van der Waals surface area contributed by atoms with Gasteiger partial charge in [-0.05, 0) is 23.3 Å². The molecule has 0 radical (unpaired) electrons. The normalized spacial score (nSPS) is 13.8. The quantitative estimate of drug-likeness (QED) is 0.137. The van der Waals surface area contributed by atoms with Crippen LogP contribution in [-0.2, 0) is 27.5 Å². The van der Waals surface area contributed by atoms with Gasteiger partial charge >= 0.3 is 11.9 Å². The number of aliphatic carboxylic acids is 2. The summed E-state index contributed by atoms with van der Waals surface area (Å²) in [5, 5.41) is 29.7. The topological polar surface area (TPSA) is 160 Å². The van der Waals surface area contributed by atoms with Gasteiger partial charge in [0.25, 0.3) is 0 Å². The van der Waals surface area contributed by atoms with Crippen molar-refractivity contribution in [3.63, 3.8) is 0 Å². The third-order valence-electron chi connectivity index (χ3n) is 7.23. The number of nitrogens with zero attached hydrogens (tertiary/aromatic N) is 1. The van der Waals surface area contributed by atoms with Crippen molar-refractivity contribution < 1.29 is 48.7 Å². The van der Waals surface area contributed by atoms with Crippen molar-refractivity contribution in [2.75, 3.05) is 20.3 Å². The predicted octanol–water partition coefficient (Wildman–Crippen LogP) is 6.02. The number of fused-ring (bicyclic) bond motifs is 2. The second-order valence-electron chi connectivity index (χ2n) is 10.5. The van der Waals surface area contributed by atoms with Gasteiger partial charge in [0.05, 0.1) is 47.1 Å². The Morgan fingerprint density at radius 2 is 1.57 bits per heavy atom. The van der Waals surface area contributed by atoms with Crippen molar-refractivity contribution in [1.82, 2.24) is 4.90 Å². The molecular weight excluding hydrogens is 637 g/mol. The molecule has 3 aromatic rings. The summed E-state index contributed by atoms with van der Waals surface area (Å²) < 4.78 is 17.7. The lowest BCUT2D eigenvalue weighted by Gasteiger charge is -2.17. The van der Waals surface area contributed by atoms with E-state index in [2.05, 4.69) is 0 Å². The van der Waals surface area contributed by atoms with E-state index in [0.29, 0.717) is 43.5 Å². The van der Waals surface area contributed by atoms with Crippen LogP contribution in [0.15, 0.2) is 18.2 Å². The highest BCUT2D eigenvalue weighted by molar-refractivity contribution is 7.21. The molecule has 2 heterocycles. The predicted molar refractivity (Wildman–Crippen MR) is 164 cm³/mol. The van der Waals surface area contributed by atoms with Crippen LogP contribution in [0.2, 0.25) is 10.0 Å². The average molecular weight is 669 g/mol. The Hall–Kier alpha value is -3.74. The number of hydrogen-bond donors (Lipinski definition) is 3. The molecule has 2 atom stereocenters. The number of carbonyl (C=O) groups excluding carboxylic acids is 2. The number of amides is 1. The van der Waals surface area contributed by atoms with Gasteiger partial charge in [-0.2, -0.15) is 0 Å². The molecule has 1 aromatic heterocycles. The Morgan fingerprint density at radius 3 is 2.20 bits per heavy atom. The number of Topliss-reactive ketones (excluding diaryl/α,β-unsaturated/α-hetero) is 1. The molecule has 3 N–H and O–H groups in total. The van der Waals surface area contributed by atoms with Crippen LogP contribution in [0.4, 0.5) is 0 Å². The summed E-state index contributed by atoms with van der Waals surface area (Å²) in [7, 11) is 1.47. The number of thiophene rings is 1. The summed E-state index contributed by atoms with van der Waals surface area (Å²) >= 11 is 14.3. The van der Waals surface area contributed by atoms with Gasteiger partial charge in [-0.1, -0.05) is 37.0 Å². The molecule has 0 bridgehead atoms. The van der Waals surface area contributed by atoms with Crippen molar-refractivity contribution in [2.24, 2.45) is 11.8 Å². The fourth-order valence-corrected chi connectivity index (χ4v) is 6.40. The lowest BCUT2D eigenvalue weighted by atomic mass is 10.0. The molecule has 4 rings (SSSR count). The minimum atomic E-state index is -1.06. The third kappa shape index (κ3) is 7.14. The largest absolute Gasteiger partial charge is 0.504 e. The van der Waals surface area contributed by atoms with Crippen LogP contribution in [0, 0.1) is 11.8 Å². The molecule has 44 heavy (non-hydrogen) atoms. The number of rotatable bonds is 14. The molecule has 1 aliphatic heterocycles. The maximum atomic E-state index is 12.6. The Labute approximate surface area is 266 Å². The number of ether oxygens (including phenoxy) is 3. The molecule has 236 valence electrons. The van der Waals surface area contributed by atoms with Crippen LogP contribution in [-0.4, -0.2) is 64.2 Å². The number of aromatic hydroxyl groups is 1. The summed E-state index contributed by atoms with van der Waals surface area (Å²) in [6.07, 6.45) is 0.0881. The molecule has 2 unspecified atom stereocenters. The van der Waals surface area contributed by atoms with Crippen molar-refractivity contribution >= 4 is 68.3 Å². The second-order valence-corrected chi connectivity index (χ2v) is 12.4. The molecule has 0 spiro atoms. The zero-order valence-electron chi connectivity index (χ0n) is 24.1. The molecule has 0 aliphatic carbocycles. The fraction of sp³-hybridized carbons (Fsp3) is 0.400. The van der Waals surface area contributed by atoms with Crippen LogP contribution >= 0.6 is 34.5 Å². The van der Waals surface area contributed by atoms with E-state index in [1.165, 1.54) is 27.0 Å². The first-order valence-corrected chi connectivity index (χ1v) is 15.2. The lowest BCUT2D eigenvalue weighted by molar-refractivity contribution is -0.145. The van der Waals surface area contributed by atoms with E-state index in [9.17, 15) is 24.3 Å². The smallest absolute Gasteiger partial charge is 0.306 e. The van der Waals surface area contributed by atoms with E-state index in [-0.39, 0.29) is 67.4 Å². The molecule has 14 heteroatoms. The summed E-state index contributed by atoms with van der Waals surface area (Å²) in [6.45, 7) is 3.71. The number of phenolic OH excluding ortho intramolecular Hbond substituents is 1. The van der Waals surface area contributed by atoms with E-state index < -0.39 is 23.8 Å². The van der Waals surface area contributed by atoms with E-state index in [0.717, 1.165) is 16.9 Å². The first-order valence-electron chi connectivity index (χ1n) is 13.7. The monoisotopic (exact) mass is 667 g/mol. The van der Waals surface area contributed by atoms with Gasteiger partial charge in [-0.3, -0.25) is 19.2 Å². The Morgan fingerprint density at radius 1 is 0.932 bits per heavy atom. The van der Waals surface area contributed by atoms with Crippen LogP contribution in [0.5, 0.6) is 23.0 Å². The molecule has 0 fully saturated rings. The number of carboxylic acids is 2. The maximum absolute atomic E-state index is 12.6. The molecule has 1 aliphatic rings. The van der Waals surface area contributed by atoms with Crippen LogP contribution in [0.1, 0.15) is 53.9 Å². The van der Waals surface area contributed by atoms with Gasteiger partial charge in [0.2, 0.25) is 5.91 Å². The second kappa shape index (κ2) is 13.9. The van der Waals surface area contributed by atoms with E-state index >= 15 is 0 Å². The number of halogens is 2. The molecule has 0 saturated heterocycles. The third-order valence-corrected chi connectivity index (χ3v) is 9.13. The zero-order chi connectivity index (χ0) is 32.3. The average Bonchev–Trinajstić information content (AvgIpc) is 3.60. The Bertz CT molecular complexity index is 1620. The Kier molecular flexibility index (Phi) is 10.5. The van der Waals surface area contributed by atoms with Gasteiger partial charge in [-0.25, -0.2) is 0 Å². The maximum Gasteiger partial charge on any atom is 0.306 e.